The SMILES string of the molecule is CCOC(OCC)C(O)(O)OC(=O)c1ccccc1[N+](=O)[O-]. The number of hydrogen-bond donors (Lipinski definition) is 2. The first-order valence-electron chi connectivity index (χ1n) is 6.48. The number of nitrogens with zero attached hydrogens (tertiary/aromatic N) is 1. The van der Waals surface area contributed by atoms with Crippen LogP contribution in [0.5, 0.6) is 0 Å². The Hall–Kier alpha value is -2.07. The lowest BCUT2D eigenvalue weighted by molar-refractivity contribution is -0.407. The van der Waals surface area contributed by atoms with Crippen molar-refractivity contribution in [1.29, 1.82) is 0 Å². The average molecular weight is 315 g/mol. The van der Waals surface area contributed by atoms with E-state index >= 15 is 0 Å². The van der Waals surface area contributed by atoms with E-state index in [1.165, 1.54) is 12.1 Å². The van der Waals surface area contributed by atoms with E-state index in [2.05, 4.69) is 4.74 Å². The quantitative estimate of drug-likeness (QED) is 0.312. The molecule has 0 radical (unpaired) electrons. The number of nitro benzene ring substituents is 1. The first-order valence-corrected chi connectivity index (χ1v) is 6.48. The van der Waals surface area contributed by atoms with Gasteiger partial charge in [-0.1, -0.05) is 12.1 Å². The fourth-order valence-corrected chi connectivity index (χ4v) is 1.61. The van der Waals surface area contributed by atoms with E-state index in [1.54, 1.807) is 13.8 Å². The summed E-state index contributed by atoms with van der Waals surface area (Å²) >= 11 is 0. The van der Waals surface area contributed by atoms with Crippen molar-refractivity contribution in [2.75, 3.05) is 13.2 Å². The Morgan fingerprint density at radius 1 is 1.27 bits per heavy atom. The van der Waals surface area contributed by atoms with Crippen LogP contribution in [-0.4, -0.2) is 46.6 Å². The molecule has 0 aromatic heterocycles. The van der Waals surface area contributed by atoms with E-state index < -0.39 is 34.4 Å². The van der Waals surface area contributed by atoms with Crippen LogP contribution in [0.25, 0.3) is 0 Å². The monoisotopic (exact) mass is 315 g/mol. The maximum atomic E-state index is 11.9. The molecular weight excluding hydrogens is 298 g/mol. The Kier molecular flexibility index (Phi) is 6.38. The summed E-state index contributed by atoms with van der Waals surface area (Å²) in [6.07, 6.45) is -1.64. The fraction of sp³-hybridized carbons (Fsp3) is 0.462. The summed E-state index contributed by atoms with van der Waals surface area (Å²) in [5.74, 6) is -4.38. The molecule has 22 heavy (non-hydrogen) atoms. The molecule has 1 aromatic carbocycles. The molecule has 1 rings (SSSR count). The molecule has 0 spiro atoms. The van der Waals surface area contributed by atoms with Gasteiger partial charge in [-0.3, -0.25) is 10.1 Å². The molecule has 9 nitrogen and oxygen atoms in total. The summed E-state index contributed by atoms with van der Waals surface area (Å²) in [4.78, 5) is 22.0. The van der Waals surface area contributed by atoms with Gasteiger partial charge in [-0.25, -0.2) is 4.79 Å². The van der Waals surface area contributed by atoms with Gasteiger partial charge in [-0.05, 0) is 19.9 Å². The van der Waals surface area contributed by atoms with Crippen LogP contribution in [-0.2, 0) is 14.2 Å². The molecule has 0 bridgehead atoms. The number of hydrogen-bond acceptors (Lipinski definition) is 8. The second-order valence-corrected chi connectivity index (χ2v) is 4.07. The molecule has 0 amide bonds. The van der Waals surface area contributed by atoms with Crippen molar-refractivity contribution in [2.45, 2.75) is 26.1 Å². The van der Waals surface area contributed by atoms with Gasteiger partial charge in [0, 0.05) is 19.3 Å². The van der Waals surface area contributed by atoms with Gasteiger partial charge in [-0.2, -0.15) is 0 Å². The van der Waals surface area contributed by atoms with Crippen molar-refractivity contribution in [3.63, 3.8) is 0 Å². The lowest BCUT2D eigenvalue weighted by atomic mass is 10.2. The van der Waals surface area contributed by atoms with Gasteiger partial charge in [0.2, 0.25) is 0 Å². The maximum Gasteiger partial charge on any atom is 0.378 e. The number of benzene rings is 1. The first kappa shape index (κ1) is 18.0. The number of carbonyl (C=O) groups excluding carboxylic acids is 1. The zero-order valence-corrected chi connectivity index (χ0v) is 12.1. The summed E-state index contributed by atoms with van der Waals surface area (Å²) in [5, 5.41) is 30.4. The summed E-state index contributed by atoms with van der Waals surface area (Å²) in [6, 6.07) is 4.97. The smallest absolute Gasteiger partial charge is 0.378 e. The highest BCUT2D eigenvalue weighted by Crippen LogP contribution is 2.22. The molecule has 0 aliphatic rings. The molecule has 0 aliphatic carbocycles. The highest BCUT2D eigenvalue weighted by molar-refractivity contribution is 5.94. The van der Waals surface area contributed by atoms with E-state index in [9.17, 15) is 25.1 Å². The van der Waals surface area contributed by atoms with Crippen LogP contribution < -0.4 is 0 Å². The standard InChI is InChI=1S/C13H17NO8/c1-3-20-12(21-4-2)13(16,17)22-11(15)9-7-5-6-8-10(9)14(18)19/h5-8,12,16-17H,3-4H2,1-2H3. The highest BCUT2D eigenvalue weighted by Gasteiger charge is 2.42. The van der Waals surface area contributed by atoms with E-state index in [4.69, 9.17) is 9.47 Å². The summed E-state index contributed by atoms with van der Waals surface area (Å²) in [6.45, 7) is 3.28. The average Bonchev–Trinajstić information content (AvgIpc) is 2.46. The molecular formula is C13H17NO8. The second kappa shape index (κ2) is 7.80. The van der Waals surface area contributed by atoms with E-state index in [-0.39, 0.29) is 13.2 Å². The third-order valence-electron chi connectivity index (χ3n) is 2.51. The topological polar surface area (TPSA) is 128 Å². The van der Waals surface area contributed by atoms with Crippen molar-refractivity contribution in [1.82, 2.24) is 0 Å². The van der Waals surface area contributed by atoms with Gasteiger partial charge in [-0.15, -0.1) is 0 Å². The number of ether oxygens (including phenoxy) is 3. The molecule has 0 heterocycles. The van der Waals surface area contributed by atoms with E-state index in [1.807, 2.05) is 0 Å². The van der Waals surface area contributed by atoms with Crippen LogP contribution in [0.2, 0.25) is 0 Å². The predicted molar refractivity (Wildman–Crippen MR) is 72.7 cm³/mol. The largest absolute Gasteiger partial charge is 0.400 e. The van der Waals surface area contributed by atoms with Gasteiger partial charge in [0.15, 0.2) is 0 Å². The highest BCUT2D eigenvalue weighted by atomic mass is 16.8. The summed E-state index contributed by atoms with van der Waals surface area (Å²) in [7, 11) is 0. The lowest BCUT2D eigenvalue weighted by Gasteiger charge is -2.29. The van der Waals surface area contributed by atoms with Crippen LogP contribution in [0.4, 0.5) is 5.69 Å². The van der Waals surface area contributed by atoms with Crippen molar-refractivity contribution in [3.05, 3.63) is 39.9 Å². The zero-order valence-electron chi connectivity index (χ0n) is 12.1. The Morgan fingerprint density at radius 2 is 1.82 bits per heavy atom. The molecule has 0 atom stereocenters. The van der Waals surface area contributed by atoms with Gasteiger partial charge < -0.3 is 24.4 Å². The van der Waals surface area contributed by atoms with Crippen molar-refractivity contribution < 1.29 is 34.1 Å². The minimum Gasteiger partial charge on any atom is -0.400 e. The van der Waals surface area contributed by atoms with Crippen LogP contribution >= 0.6 is 0 Å². The van der Waals surface area contributed by atoms with Gasteiger partial charge in [0.25, 0.3) is 12.0 Å². The van der Waals surface area contributed by atoms with Crippen molar-refractivity contribution >= 4 is 11.7 Å². The zero-order chi connectivity index (χ0) is 16.8. The van der Waals surface area contributed by atoms with E-state index in [0.717, 1.165) is 12.1 Å². The van der Waals surface area contributed by atoms with Crippen LogP contribution in [0, 0.1) is 10.1 Å². The number of rotatable bonds is 8. The third kappa shape index (κ3) is 4.46. The molecule has 1 aromatic rings. The van der Waals surface area contributed by atoms with Gasteiger partial charge in [0.05, 0.1) is 4.92 Å². The van der Waals surface area contributed by atoms with Crippen molar-refractivity contribution in [3.8, 4) is 0 Å². The first-order chi connectivity index (χ1) is 10.3. The van der Waals surface area contributed by atoms with Crippen molar-refractivity contribution in [2.24, 2.45) is 0 Å². The number of aliphatic hydroxyl groups is 2. The molecule has 0 unspecified atom stereocenters. The molecule has 9 heteroatoms. The number of para-hydroxylation sites is 1. The Labute approximate surface area is 126 Å². The molecule has 2 N–H and O–H groups in total. The van der Waals surface area contributed by atoms with Gasteiger partial charge >= 0.3 is 11.9 Å². The molecule has 0 saturated heterocycles. The Morgan fingerprint density at radius 3 is 2.32 bits per heavy atom. The molecule has 0 aliphatic heterocycles. The predicted octanol–water partition coefficient (Wildman–Crippen LogP) is 0.789. The van der Waals surface area contributed by atoms with Crippen LogP contribution in [0.15, 0.2) is 24.3 Å². The Bertz CT molecular complexity index is 525. The molecule has 122 valence electrons. The summed E-state index contributed by atoms with van der Waals surface area (Å²) < 4.78 is 14.4. The minimum absolute atomic E-state index is 0.0660. The fourth-order valence-electron chi connectivity index (χ4n) is 1.61. The second-order valence-electron chi connectivity index (χ2n) is 4.07. The Balaban J connectivity index is 2.97. The molecule has 0 fully saturated rings. The number of nitro groups is 1. The van der Waals surface area contributed by atoms with Crippen LogP contribution in [0.1, 0.15) is 24.2 Å². The van der Waals surface area contributed by atoms with Gasteiger partial charge in [0.1, 0.15) is 5.56 Å². The molecule has 0 saturated carbocycles. The maximum absolute atomic E-state index is 11.9. The number of esters is 1. The summed E-state index contributed by atoms with van der Waals surface area (Å²) in [5.41, 5.74) is -0.945. The minimum atomic E-state index is -3.09. The van der Waals surface area contributed by atoms with Crippen LogP contribution in [0.3, 0.4) is 0 Å². The third-order valence-corrected chi connectivity index (χ3v) is 2.51. The number of carbonyl (C=O) groups is 1. The van der Waals surface area contributed by atoms with E-state index in [0.29, 0.717) is 0 Å². The lowest BCUT2D eigenvalue weighted by Crippen LogP contribution is -2.49. The normalized spacial score (nSPS) is 11.5.